The Morgan fingerprint density at radius 2 is 2.00 bits per heavy atom. The average Bonchev–Trinajstić information content (AvgIpc) is 3.33. The summed E-state index contributed by atoms with van der Waals surface area (Å²) in [6, 6.07) is 10.7. The molecule has 0 fully saturated rings. The lowest BCUT2D eigenvalue weighted by molar-refractivity contribution is -0.118. The van der Waals surface area contributed by atoms with Crippen LogP contribution >= 0.6 is 15.9 Å². The highest BCUT2D eigenvalue weighted by atomic mass is 79.9. The Labute approximate surface area is 191 Å². The van der Waals surface area contributed by atoms with Crippen molar-refractivity contribution in [3.05, 3.63) is 81.5 Å². The summed E-state index contributed by atoms with van der Waals surface area (Å²) in [5.41, 5.74) is 2.56. The van der Waals surface area contributed by atoms with Gasteiger partial charge in [0.1, 0.15) is 23.2 Å². The molecule has 2 amide bonds. The van der Waals surface area contributed by atoms with Crippen LogP contribution in [0.3, 0.4) is 0 Å². The van der Waals surface area contributed by atoms with Crippen LogP contribution in [-0.2, 0) is 11.2 Å². The van der Waals surface area contributed by atoms with Gasteiger partial charge in [0.2, 0.25) is 5.91 Å². The first-order valence-electron chi connectivity index (χ1n) is 9.88. The number of para-hydroxylation sites is 1. The van der Waals surface area contributed by atoms with Crippen LogP contribution < -0.4 is 10.6 Å². The van der Waals surface area contributed by atoms with Crippen molar-refractivity contribution in [2.75, 3.05) is 5.32 Å². The van der Waals surface area contributed by atoms with Gasteiger partial charge in [-0.05, 0) is 43.7 Å². The van der Waals surface area contributed by atoms with E-state index in [4.69, 9.17) is 4.52 Å². The zero-order valence-corrected chi connectivity index (χ0v) is 18.9. The molecule has 0 saturated heterocycles. The van der Waals surface area contributed by atoms with Crippen molar-refractivity contribution < 1.29 is 18.5 Å². The molecule has 0 aliphatic heterocycles. The van der Waals surface area contributed by atoms with E-state index in [2.05, 4.69) is 36.7 Å². The highest BCUT2D eigenvalue weighted by Crippen LogP contribution is 2.22. The van der Waals surface area contributed by atoms with E-state index in [0.29, 0.717) is 21.6 Å². The zero-order valence-electron chi connectivity index (χ0n) is 17.3. The normalized spacial score (nSPS) is 12.0. The topological polar surface area (TPSA) is 100 Å². The Hall–Kier alpha value is -3.46. The number of anilines is 1. The Balaban J connectivity index is 1.64. The summed E-state index contributed by atoms with van der Waals surface area (Å²) in [6.45, 7) is 3.38. The first-order valence-corrected chi connectivity index (χ1v) is 10.7. The summed E-state index contributed by atoms with van der Waals surface area (Å²) >= 11 is 3.24. The molecule has 1 atom stereocenters. The summed E-state index contributed by atoms with van der Waals surface area (Å²) in [5.74, 6) is -1.38. The number of amides is 2. The minimum Gasteiger partial charge on any atom is -0.361 e. The Morgan fingerprint density at radius 1 is 1.22 bits per heavy atom. The van der Waals surface area contributed by atoms with E-state index in [1.165, 1.54) is 18.2 Å². The minimum atomic E-state index is -0.978. The number of H-pyrrole nitrogens is 1. The molecule has 0 aliphatic carbocycles. The molecule has 7 nitrogen and oxygen atoms in total. The standard InChI is InChI=1S/C23H20BrFN4O3/c1-12-21(13(2)32-29-12)28-23(31)20(9-14-11-26-19-6-4-3-5-16(14)19)27-22(30)17-10-15(24)7-8-18(17)25/h3-8,10-11,20,26H,9H2,1-2H3,(H,27,30)(H,28,31). The molecule has 1 unspecified atom stereocenters. The van der Waals surface area contributed by atoms with Crippen molar-refractivity contribution in [3.8, 4) is 0 Å². The molecule has 4 aromatic rings. The number of rotatable bonds is 6. The van der Waals surface area contributed by atoms with E-state index >= 15 is 0 Å². The average molecular weight is 499 g/mol. The molecule has 9 heteroatoms. The Morgan fingerprint density at radius 3 is 2.75 bits per heavy atom. The number of carbonyl (C=O) groups excluding carboxylic acids is 2. The SMILES string of the molecule is Cc1noc(C)c1NC(=O)C(Cc1c[nH]c2ccccc12)NC(=O)c1cc(Br)ccc1F. The number of halogens is 2. The van der Waals surface area contributed by atoms with Gasteiger partial charge in [-0.25, -0.2) is 4.39 Å². The fraction of sp³-hybridized carbons (Fsp3) is 0.174. The number of hydrogen-bond acceptors (Lipinski definition) is 4. The van der Waals surface area contributed by atoms with Gasteiger partial charge in [-0.1, -0.05) is 39.3 Å². The number of aryl methyl sites for hydroxylation is 2. The van der Waals surface area contributed by atoms with Crippen LogP contribution in [0.25, 0.3) is 10.9 Å². The molecule has 0 spiro atoms. The maximum Gasteiger partial charge on any atom is 0.254 e. The number of aromatic amines is 1. The van der Waals surface area contributed by atoms with Crippen molar-refractivity contribution in [1.82, 2.24) is 15.5 Å². The van der Waals surface area contributed by atoms with Gasteiger partial charge >= 0.3 is 0 Å². The van der Waals surface area contributed by atoms with Gasteiger partial charge in [-0.15, -0.1) is 0 Å². The smallest absolute Gasteiger partial charge is 0.254 e. The maximum atomic E-state index is 14.3. The van der Waals surface area contributed by atoms with Crippen LogP contribution in [0.15, 0.2) is 57.7 Å². The predicted molar refractivity (Wildman–Crippen MR) is 122 cm³/mol. The molecule has 32 heavy (non-hydrogen) atoms. The largest absolute Gasteiger partial charge is 0.361 e. The van der Waals surface area contributed by atoms with Gasteiger partial charge in [-0.2, -0.15) is 0 Å². The van der Waals surface area contributed by atoms with Crippen LogP contribution in [0.4, 0.5) is 10.1 Å². The van der Waals surface area contributed by atoms with Crippen molar-refractivity contribution in [3.63, 3.8) is 0 Å². The van der Waals surface area contributed by atoms with Crippen LogP contribution in [0.1, 0.15) is 27.4 Å². The Bertz CT molecular complexity index is 1290. The van der Waals surface area contributed by atoms with Crippen LogP contribution in [-0.4, -0.2) is 28.0 Å². The maximum absolute atomic E-state index is 14.3. The highest BCUT2D eigenvalue weighted by Gasteiger charge is 2.26. The van der Waals surface area contributed by atoms with Gasteiger partial charge in [0, 0.05) is 28.0 Å². The number of nitrogens with one attached hydrogen (secondary N) is 3. The third-order valence-electron chi connectivity index (χ3n) is 5.18. The molecular formula is C23H20BrFN4O3. The summed E-state index contributed by atoms with van der Waals surface area (Å²) in [6.07, 6.45) is 1.99. The number of nitrogens with zero attached hydrogens (tertiary/aromatic N) is 1. The second kappa shape index (κ2) is 8.96. The second-order valence-electron chi connectivity index (χ2n) is 7.40. The molecule has 4 rings (SSSR count). The molecule has 2 heterocycles. The summed E-state index contributed by atoms with van der Waals surface area (Å²) < 4.78 is 19.9. The number of aromatic nitrogens is 2. The second-order valence-corrected chi connectivity index (χ2v) is 8.32. The fourth-order valence-corrected chi connectivity index (χ4v) is 3.87. The van der Waals surface area contributed by atoms with E-state index in [1.807, 2.05) is 24.3 Å². The molecule has 0 saturated carbocycles. The first-order chi connectivity index (χ1) is 15.3. The lowest BCUT2D eigenvalue weighted by Crippen LogP contribution is -2.45. The molecule has 0 radical (unpaired) electrons. The van der Waals surface area contributed by atoms with E-state index in [-0.39, 0.29) is 12.0 Å². The monoisotopic (exact) mass is 498 g/mol. The van der Waals surface area contributed by atoms with Gasteiger partial charge in [0.25, 0.3) is 5.91 Å². The molecule has 0 bridgehead atoms. The predicted octanol–water partition coefficient (Wildman–Crippen LogP) is 4.65. The molecule has 2 aromatic heterocycles. The van der Waals surface area contributed by atoms with Gasteiger partial charge in [-0.3, -0.25) is 9.59 Å². The summed E-state index contributed by atoms with van der Waals surface area (Å²) in [7, 11) is 0. The molecular weight excluding hydrogens is 479 g/mol. The summed E-state index contributed by atoms with van der Waals surface area (Å²) in [4.78, 5) is 29.2. The Kier molecular flexibility index (Phi) is 6.09. The zero-order chi connectivity index (χ0) is 22.8. The number of benzene rings is 2. The summed E-state index contributed by atoms with van der Waals surface area (Å²) in [5, 5.41) is 10.2. The van der Waals surface area contributed by atoms with Gasteiger partial charge in [0.15, 0.2) is 5.76 Å². The molecule has 164 valence electrons. The van der Waals surface area contributed by atoms with E-state index in [0.717, 1.165) is 16.5 Å². The van der Waals surface area contributed by atoms with Crippen molar-refractivity contribution in [2.45, 2.75) is 26.3 Å². The number of fused-ring (bicyclic) bond motifs is 1. The van der Waals surface area contributed by atoms with Gasteiger partial charge < -0.3 is 20.1 Å². The molecule has 0 aliphatic rings. The van der Waals surface area contributed by atoms with Crippen molar-refractivity contribution in [2.24, 2.45) is 0 Å². The third-order valence-corrected chi connectivity index (χ3v) is 5.67. The first kappa shape index (κ1) is 21.8. The quantitative estimate of drug-likeness (QED) is 0.360. The van der Waals surface area contributed by atoms with Crippen LogP contribution in [0, 0.1) is 19.7 Å². The van der Waals surface area contributed by atoms with E-state index < -0.39 is 23.7 Å². The molecule has 3 N–H and O–H groups in total. The number of carbonyl (C=O) groups is 2. The van der Waals surface area contributed by atoms with E-state index in [9.17, 15) is 14.0 Å². The third kappa shape index (κ3) is 4.43. The van der Waals surface area contributed by atoms with Crippen molar-refractivity contribution in [1.29, 1.82) is 0 Å². The fourth-order valence-electron chi connectivity index (χ4n) is 3.51. The number of hydrogen-bond donors (Lipinski definition) is 3. The van der Waals surface area contributed by atoms with Crippen LogP contribution in [0.5, 0.6) is 0 Å². The van der Waals surface area contributed by atoms with Crippen LogP contribution in [0.2, 0.25) is 0 Å². The van der Waals surface area contributed by atoms with E-state index in [1.54, 1.807) is 20.0 Å². The lowest BCUT2D eigenvalue weighted by Gasteiger charge is -2.19. The highest BCUT2D eigenvalue weighted by molar-refractivity contribution is 9.10. The van der Waals surface area contributed by atoms with Crippen molar-refractivity contribution >= 4 is 44.3 Å². The lowest BCUT2D eigenvalue weighted by atomic mass is 10.0. The van der Waals surface area contributed by atoms with Gasteiger partial charge in [0.05, 0.1) is 5.56 Å². The molecule has 2 aromatic carbocycles. The minimum absolute atomic E-state index is 0.159.